The number of benzene rings is 2. The molecule has 1 aromatic heterocycles. The number of amides is 1. The number of ether oxygens (including phenoxy) is 1. The van der Waals surface area contributed by atoms with Crippen LogP contribution in [-0.4, -0.2) is 22.3 Å². The largest absolute Gasteiger partial charge is 0.494 e. The van der Waals surface area contributed by atoms with Gasteiger partial charge in [-0.15, -0.1) is 0 Å². The molecule has 0 spiro atoms. The van der Waals surface area contributed by atoms with Gasteiger partial charge < -0.3 is 10.1 Å². The van der Waals surface area contributed by atoms with Crippen LogP contribution in [0, 0.1) is 6.92 Å². The molecule has 5 nitrogen and oxygen atoms in total. The summed E-state index contributed by atoms with van der Waals surface area (Å²) in [5.74, 6) is 3.33. The second kappa shape index (κ2) is 8.10. The molecule has 2 heterocycles. The van der Waals surface area contributed by atoms with Gasteiger partial charge in [-0.3, -0.25) is 4.79 Å². The minimum absolute atomic E-state index is 0.0438. The highest BCUT2D eigenvalue weighted by Crippen LogP contribution is 2.36. The summed E-state index contributed by atoms with van der Waals surface area (Å²) in [6, 6.07) is 15.8. The summed E-state index contributed by atoms with van der Waals surface area (Å²) < 4.78 is 7.33. The van der Waals surface area contributed by atoms with Gasteiger partial charge in [-0.25, -0.2) is 4.68 Å². The SMILES string of the molecule is CCOc1ccc(CC(=O)Nc2c3c(nn2-c2cccc(C)c2)CSC3)cc1. The van der Waals surface area contributed by atoms with E-state index in [0.717, 1.165) is 51.1 Å². The number of anilines is 1. The van der Waals surface area contributed by atoms with E-state index in [0.29, 0.717) is 13.0 Å². The zero-order chi connectivity index (χ0) is 19.5. The Morgan fingerprint density at radius 1 is 1.21 bits per heavy atom. The van der Waals surface area contributed by atoms with Crippen LogP contribution in [-0.2, 0) is 22.7 Å². The van der Waals surface area contributed by atoms with Crippen molar-refractivity contribution in [2.24, 2.45) is 0 Å². The van der Waals surface area contributed by atoms with E-state index in [4.69, 9.17) is 9.84 Å². The van der Waals surface area contributed by atoms with E-state index < -0.39 is 0 Å². The standard InChI is InChI=1S/C22H23N3O2S/c1-3-27-18-9-7-16(8-10-18)12-21(26)23-22-19-13-28-14-20(19)24-25(22)17-6-4-5-15(2)11-17/h4-11H,3,12-14H2,1-2H3,(H,23,26). The number of carbonyl (C=O) groups is 1. The summed E-state index contributed by atoms with van der Waals surface area (Å²) in [4.78, 5) is 12.8. The Bertz CT molecular complexity index is 996. The summed E-state index contributed by atoms with van der Waals surface area (Å²) in [6.45, 7) is 4.64. The lowest BCUT2D eigenvalue weighted by molar-refractivity contribution is -0.115. The number of aromatic nitrogens is 2. The van der Waals surface area contributed by atoms with Gasteiger partial charge >= 0.3 is 0 Å². The number of nitrogens with one attached hydrogen (secondary N) is 1. The summed E-state index contributed by atoms with van der Waals surface area (Å²) in [5, 5.41) is 7.87. The summed E-state index contributed by atoms with van der Waals surface area (Å²) in [5.41, 5.74) is 5.27. The second-order valence-electron chi connectivity index (χ2n) is 6.82. The summed E-state index contributed by atoms with van der Waals surface area (Å²) in [6.07, 6.45) is 0.313. The maximum Gasteiger partial charge on any atom is 0.229 e. The number of nitrogens with zero attached hydrogens (tertiary/aromatic N) is 2. The smallest absolute Gasteiger partial charge is 0.229 e. The Morgan fingerprint density at radius 3 is 2.79 bits per heavy atom. The van der Waals surface area contributed by atoms with Crippen LogP contribution in [0.1, 0.15) is 29.3 Å². The molecule has 6 heteroatoms. The molecular weight excluding hydrogens is 370 g/mol. The van der Waals surface area contributed by atoms with Crippen LogP contribution >= 0.6 is 11.8 Å². The van der Waals surface area contributed by atoms with Crippen molar-refractivity contribution in [3.8, 4) is 11.4 Å². The summed E-state index contributed by atoms with van der Waals surface area (Å²) in [7, 11) is 0. The third-order valence-corrected chi connectivity index (χ3v) is 5.63. The predicted octanol–water partition coefficient (Wildman–Crippen LogP) is 4.51. The number of thioether (sulfide) groups is 1. The van der Waals surface area contributed by atoms with Gasteiger partial charge in [0.15, 0.2) is 0 Å². The fourth-order valence-corrected chi connectivity index (χ4v) is 4.35. The number of hydrogen-bond donors (Lipinski definition) is 1. The zero-order valence-electron chi connectivity index (χ0n) is 16.1. The van der Waals surface area contributed by atoms with Gasteiger partial charge in [-0.1, -0.05) is 24.3 Å². The fraction of sp³-hybridized carbons (Fsp3) is 0.273. The number of rotatable bonds is 6. The molecule has 4 rings (SSSR count). The maximum atomic E-state index is 12.8. The highest BCUT2D eigenvalue weighted by molar-refractivity contribution is 7.98. The predicted molar refractivity (Wildman–Crippen MR) is 113 cm³/mol. The lowest BCUT2D eigenvalue weighted by Gasteiger charge is -2.12. The molecule has 0 radical (unpaired) electrons. The summed E-state index contributed by atoms with van der Waals surface area (Å²) >= 11 is 1.83. The molecule has 28 heavy (non-hydrogen) atoms. The van der Waals surface area contributed by atoms with Crippen LogP contribution in [0.4, 0.5) is 5.82 Å². The second-order valence-corrected chi connectivity index (χ2v) is 7.80. The molecule has 3 aromatic rings. The number of fused-ring (bicyclic) bond motifs is 1. The molecule has 0 bridgehead atoms. The third-order valence-electron chi connectivity index (χ3n) is 4.65. The van der Waals surface area contributed by atoms with Crippen LogP contribution < -0.4 is 10.1 Å². The van der Waals surface area contributed by atoms with E-state index in [-0.39, 0.29) is 5.91 Å². The molecular formula is C22H23N3O2S. The number of carbonyl (C=O) groups excluding carboxylic acids is 1. The van der Waals surface area contributed by atoms with Crippen molar-refractivity contribution in [2.45, 2.75) is 31.8 Å². The minimum Gasteiger partial charge on any atom is -0.494 e. The quantitative estimate of drug-likeness (QED) is 0.670. The number of aryl methyl sites for hydroxylation is 1. The highest BCUT2D eigenvalue weighted by atomic mass is 32.2. The molecule has 0 saturated heterocycles. The molecule has 1 aliphatic heterocycles. The molecule has 0 unspecified atom stereocenters. The van der Waals surface area contributed by atoms with Crippen molar-refractivity contribution in [2.75, 3.05) is 11.9 Å². The normalized spacial score (nSPS) is 12.6. The van der Waals surface area contributed by atoms with Gasteiger partial charge in [-0.05, 0) is 49.2 Å². The first-order valence-electron chi connectivity index (χ1n) is 9.41. The van der Waals surface area contributed by atoms with Crippen LogP contribution in [0.15, 0.2) is 48.5 Å². The average molecular weight is 394 g/mol. The van der Waals surface area contributed by atoms with E-state index in [1.165, 1.54) is 0 Å². The molecule has 0 atom stereocenters. The fourth-order valence-electron chi connectivity index (χ4n) is 3.32. The Labute approximate surface area is 169 Å². The average Bonchev–Trinajstić information content (AvgIpc) is 3.26. The van der Waals surface area contributed by atoms with Gasteiger partial charge in [0.05, 0.1) is 24.4 Å². The van der Waals surface area contributed by atoms with Crippen molar-refractivity contribution in [1.29, 1.82) is 0 Å². The Hall–Kier alpha value is -2.73. The third kappa shape index (κ3) is 3.92. The van der Waals surface area contributed by atoms with Gasteiger partial charge in [-0.2, -0.15) is 16.9 Å². The molecule has 0 saturated carbocycles. The van der Waals surface area contributed by atoms with E-state index >= 15 is 0 Å². The van der Waals surface area contributed by atoms with Gasteiger partial charge in [0, 0.05) is 17.1 Å². The van der Waals surface area contributed by atoms with Crippen molar-refractivity contribution in [3.63, 3.8) is 0 Å². The first kappa shape index (κ1) is 18.6. The van der Waals surface area contributed by atoms with E-state index in [9.17, 15) is 4.79 Å². The Morgan fingerprint density at radius 2 is 2.04 bits per heavy atom. The van der Waals surface area contributed by atoms with Gasteiger partial charge in [0.25, 0.3) is 0 Å². The minimum atomic E-state index is -0.0438. The molecule has 1 aliphatic rings. The maximum absolute atomic E-state index is 12.8. The van der Waals surface area contributed by atoms with Crippen molar-refractivity contribution < 1.29 is 9.53 Å². The number of hydrogen-bond acceptors (Lipinski definition) is 4. The highest BCUT2D eigenvalue weighted by Gasteiger charge is 2.24. The molecule has 1 amide bonds. The Kier molecular flexibility index (Phi) is 5.39. The lowest BCUT2D eigenvalue weighted by Crippen LogP contribution is -2.18. The van der Waals surface area contributed by atoms with Crippen LogP contribution in [0.25, 0.3) is 5.69 Å². The molecule has 2 aromatic carbocycles. The van der Waals surface area contributed by atoms with Gasteiger partial charge in [0.2, 0.25) is 5.91 Å². The van der Waals surface area contributed by atoms with Crippen LogP contribution in [0.3, 0.4) is 0 Å². The molecule has 0 fully saturated rings. The zero-order valence-corrected chi connectivity index (χ0v) is 16.9. The first-order valence-corrected chi connectivity index (χ1v) is 10.6. The topological polar surface area (TPSA) is 56.1 Å². The van der Waals surface area contributed by atoms with Gasteiger partial charge in [0.1, 0.15) is 11.6 Å². The monoisotopic (exact) mass is 393 g/mol. The van der Waals surface area contributed by atoms with Crippen molar-refractivity contribution in [1.82, 2.24) is 9.78 Å². The Balaban J connectivity index is 1.56. The van der Waals surface area contributed by atoms with E-state index in [1.54, 1.807) is 0 Å². The lowest BCUT2D eigenvalue weighted by atomic mass is 10.1. The van der Waals surface area contributed by atoms with Crippen molar-refractivity contribution >= 4 is 23.5 Å². The first-order chi connectivity index (χ1) is 13.6. The van der Waals surface area contributed by atoms with E-state index in [2.05, 4.69) is 24.4 Å². The van der Waals surface area contributed by atoms with Crippen LogP contribution in [0.5, 0.6) is 5.75 Å². The van der Waals surface area contributed by atoms with Crippen LogP contribution in [0.2, 0.25) is 0 Å². The molecule has 0 aliphatic carbocycles. The molecule has 1 N–H and O–H groups in total. The van der Waals surface area contributed by atoms with Crippen molar-refractivity contribution in [3.05, 3.63) is 70.9 Å². The molecule has 144 valence electrons. The van der Waals surface area contributed by atoms with E-state index in [1.807, 2.05) is 59.8 Å².